The standard InChI is InChI=1S/C12H17F2NOS/c1-8(15-17(16)12(2,3)4)9-6-5-7-10(13)11(9)14/h5-8,15H,1-4H3/t8?,17-/m1/s1. The lowest BCUT2D eigenvalue weighted by molar-refractivity contribution is 0.482. The van der Waals surface area contributed by atoms with Crippen LogP contribution in [0.25, 0.3) is 0 Å². The zero-order valence-corrected chi connectivity index (χ0v) is 11.2. The van der Waals surface area contributed by atoms with Crippen molar-refractivity contribution in [2.24, 2.45) is 0 Å². The molecule has 96 valence electrons. The molecule has 0 fully saturated rings. The van der Waals surface area contributed by atoms with Crippen LogP contribution in [-0.4, -0.2) is 9.30 Å². The normalized spacial score (nSPS) is 15.7. The van der Waals surface area contributed by atoms with Gasteiger partial charge in [0.2, 0.25) is 0 Å². The number of halogens is 2. The molecule has 0 aliphatic heterocycles. The Morgan fingerprint density at radius 1 is 1.29 bits per heavy atom. The van der Waals surface area contributed by atoms with E-state index in [2.05, 4.69) is 4.72 Å². The van der Waals surface area contributed by atoms with Crippen LogP contribution in [0, 0.1) is 11.6 Å². The van der Waals surface area contributed by atoms with Crippen LogP contribution < -0.4 is 4.72 Å². The molecule has 0 radical (unpaired) electrons. The van der Waals surface area contributed by atoms with E-state index in [1.54, 1.807) is 6.92 Å². The molecule has 0 aliphatic rings. The van der Waals surface area contributed by atoms with Gasteiger partial charge in [0.15, 0.2) is 11.6 Å². The van der Waals surface area contributed by atoms with Crippen molar-refractivity contribution in [3.05, 3.63) is 35.4 Å². The summed E-state index contributed by atoms with van der Waals surface area (Å²) >= 11 is -1.32. The van der Waals surface area contributed by atoms with Crippen LogP contribution in [0.4, 0.5) is 8.78 Å². The molecule has 0 heterocycles. The summed E-state index contributed by atoms with van der Waals surface area (Å²) in [7, 11) is 0. The van der Waals surface area contributed by atoms with Gasteiger partial charge in [-0.3, -0.25) is 0 Å². The molecule has 2 atom stereocenters. The number of benzene rings is 1. The van der Waals surface area contributed by atoms with Crippen LogP contribution in [0.3, 0.4) is 0 Å². The summed E-state index contributed by atoms with van der Waals surface area (Å²) in [6.07, 6.45) is 0. The van der Waals surface area contributed by atoms with Crippen molar-refractivity contribution >= 4 is 11.4 Å². The van der Waals surface area contributed by atoms with E-state index >= 15 is 0 Å². The van der Waals surface area contributed by atoms with Crippen molar-refractivity contribution in [1.29, 1.82) is 0 Å². The van der Waals surface area contributed by atoms with Crippen molar-refractivity contribution in [3.63, 3.8) is 0 Å². The second-order valence-electron chi connectivity index (χ2n) is 4.86. The average molecular weight is 261 g/mol. The van der Waals surface area contributed by atoms with Crippen molar-refractivity contribution < 1.29 is 13.3 Å². The zero-order valence-electron chi connectivity index (χ0n) is 10.4. The lowest BCUT2D eigenvalue weighted by atomic mass is 10.1. The number of rotatable bonds is 3. The highest BCUT2D eigenvalue weighted by Crippen LogP contribution is 2.22. The largest absolute Gasteiger partial charge is 0.598 e. The van der Waals surface area contributed by atoms with Gasteiger partial charge in [0, 0.05) is 16.9 Å². The molecule has 1 aromatic carbocycles. The quantitative estimate of drug-likeness (QED) is 0.849. The Labute approximate surface area is 104 Å². The van der Waals surface area contributed by atoms with E-state index in [-0.39, 0.29) is 5.56 Å². The Kier molecular flexibility index (Phi) is 4.52. The first kappa shape index (κ1) is 14.4. The molecule has 0 saturated heterocycles. The highest BCUT2D eigenvalue weighted by molar-refractivity contribution is 7.90. The van der Waals surface area contributed by atoms with Crippen LogP contribution in [0.2, 0.25) is 0 Å². The lowest BCUT2D eigenvalue weighted by Gasteiger charge is -2.26. The Balaban J connectivity index is 2.84. The van der Waals surface area contributed by atoms with Gasteiger partial charge < -0.3 is 4.55 Å². The van der Waals surface area contributed by atoms with E-state index in [1.807, 2.05) is 20.8 Å². The highest BCUT2D eigenvalue weighted by atomic mass is 32.2. The third kappa shape index (κ3) is 3.66. The summed E-state index contributed by atoms with van der Waals surface area (Å²) in [5.41, 5.74) is 0.183. The maximum Gasteiger partial charge on any atom is 0.163 e. The molecular formula is C12H17F2NOS. The number of hydrogen-bond donors (Lipinski definition) is 1. The smallest absolute Gasteiger partial charge is 0.163 e. The Hall–Kier alpha value is -0.650. The summed E-state index contributed by atoms with van der Waals surface area (Å²) < 4.78 is 40.7. The molecular weight excluding hydrogens is 244 g/mol. The second-order valence-corrected chi connectivity index (χ2v) is 6.86. The molecule has 0 aliphatic carbocycles. The predicted molar refractivity (Wildman–Crippen MR) is 65.8 cm³/mol. The second kappa shape index (κ2) is 5.33. The van der Waals surface area contributed by atoms with Gasteiger partial charge in [-0.25, -0.2) is 8.78 Å². The molecule has 17 heavy (non-hydrogen) atoms. The minimum atomic E-state index is -1.32. The van der Waals surface area contributed by atoms with Crippen LogP contribution in [0.5, 0.6) is 0 Å². The number of nitrogens with one attached hydrogen (secondary N) is 1. The molecule has 0 spiro atoms. The van der Waals surface area contributed by atoms with Gasteiger partial charge >= 0.3 is 0 Å². The van der Waals surface area contributed by atoms with E-state index in [9.17, 15) is 13.3 Å². The lowest BCUT2D eigenvalue weighted by Crippen LogP contribution is -2.40. The van der Waals surface area contributed by atoms with Crippen molar-refractivity contribution in [1.82, 2.24) is 4.72 Å². The fourth-order valence-electron chi connectivity index (χ4n) is 1.26. The zero-order chi connectivity index (χ0) is 13.2. The third-order valence-electron chi connectivity index (χ3n) is 2.29. The summed E-state index contributed by atoms with van der Waals surface area (Å²) in [4.78, 5) is 0. The van der Waals surface area contributed by atoms with Gasteiger partial charge in [-0.2, -0.15) is 0 Å². The van der Waals surface area contributed by atoms with Crippen molar-refractivity contribution in [3.8, 4) is 0 Å². The fraction of sp³-hybridized carbons (Fsp3) is 0.500. The minimum absolute atomic E-state index is 0.183. The van der Waals surface area contributed by atoms with Crippen LogP contribution >= 0.6 is 0 Å². The summed E-state index contributed by atoms with van der Waals surface area (Å²) in [5, 5.41) is 0. The first-order chi connectivity index (χ1) is 7.73. The molecule has 0 amide bonds. The maximum absolute atomic E-state index is 13.5. The van der Waals surface area contributed by atoms with Crippen molar-refractivity contribution in [2.45, 2.75) is 38.5 Å². The molecule has 0 bridgehead atoms. The molecule has 0 aromatic heterocycles. The van der Waals surface area contributed by atoms with Gasteiger partial charge in [-0.15, -0.1) is 4.72 Å². The molecule has 0 saturated carbocycles. The first-order valence-electron chi connectivity index (χ1n) is 5.35. The van der Waals surface area contributed by atoms with E-state index in [1.165, 1.54) is 12.1 Å². The summed E-state index contributed by atoms with van der Waals surface area (Å²) in [5.74, 6) is -1.78. The highest BCUT2D eigenvalue weighted by Gasteiger charge is 2.29. The van der Waals surface area contributed by atoms with E-state index in [0.29, 0.717) is 0 Å². The predicted octanol–water partition coefficient (Wildman–Crippen LogP) is 3.08. The maximum atomic E-state index is 13.5. The van der Waals surface area contributed by atoms with Crippen LogP contribution in [-0.2, 0) is 11.4 Å². The van der Waals surface area contributed by atoms with Gasteiger partial charge in [-0.1, -0.05) is 12.1 Å². The molecule has 1 aromatic rings. The Morgan fingerprint density at radius 3 is 2.41 bits per heavy atom. The third-order valence-corrected chi connectivity index (χ3v) is 3.97. The Morgan fingerprint density at radius 2 is 1.88 bits per heavy atom. The van der Waals surface area contributed by atoms with Gasteiger partial charge in [0.25, 0.3) is 0 Å². The summed E-state index contributed by atoms with van der Waals surface area (Å²) in [6, 6.07) is 3.47. The molecule has 5 heteroatoms. The minimum Gasteiger partial charge on any atom is -0.598 e. The first-order valence-corrected chi connectivity index (χ1v) is 6.50. The molecule has 1 N–H and O–H groups in total. The molecule has 1 unspecified atom stereocenters. The van der Waals surface area contributed by atoms with Gasteiger partial charge in [-0.05, 0) is 33.8 Å². The van der Waals surface area contributed by atoms with Gasteiger partial charge in [0.05, 0.1) is 6.04 Å². The fourth-order valence-corrected chi connectivity index (χ4v) is 2.06. The van der Waals surface area contributed by atoms with E-state index in [0.717, 1.165) is 6.07 Å². The van der Waals surface area contributed by atoms with E-state index < -0.39 is 33.8 Å². The van der Waals surface area contributed by atoms with Gasteiger partial charge in [0.1, 0.15) is 4.75 Å². The monoisotopic (exact) mass is 261 g/mol. The molecule has 2 nitrogen and oxygen atoms in total. The van der Waals surface area contributed by atoms with Crippen LogP contribution in [0.15, 0.2) is 18.2 Å². The van der Waals surface area contributed by atoms with Crippen molar-refractivity contribution in [2.75, 3.05) is 0 Å². The topological polar surface area (TPSA) is 35.1 Å². The Bertz CT molecular complexity index is 393. The van der Waals surface area contributed by atoms with Crippen LogP contribution in [0.1, 0.15) is 39.3 Å². The molecule has 1 rings (SSSR count). The van der Waals surface area contributed by atoms with E-state index in [4.69, 9.17) is 0 Å². The average Bonchev–Trinajstić information content (AvgIpc) is 2.20. The summed E-state index contributed by atoms with van der Waals surface area (Å²) in [6.45, 7) is 7.09. The SMILES string of the molecule is CC(N[S@+]([O-])C(C)(C)C)c1cccc(F)c1F. The number of hydrogen-bond acceptors (Lipinski definition) is 2.